The van der Waals surface area contributed by atoms with Crippen molar-refractivity contribution in [3.63, 3.8) is 0 Å². The average molecular weight is 393 g/mol. The highest BCUT2D eigenvalue weighted by Crippen LogP contribution is 2.34. The predicted octanol–water partition coefficient (Wildman–Crippen LogP) is 1.97. The fourth-order valence-corrected chi connectivity index (χ4v) is 4.71. The lowest BCUT2D eigenvalue weighted by molar-refractivity contribution is 0.387. The second-order valence-corrected chi connectivity index (χ2v) is 8.82. The normalized spacial score (nSPS) is 16.3. The lowest BCUT2D eigenvalue weighted by Crippen LogP contribution is -2.48. The first kappa shape index (κ1) is 17.3. The van der Waals surface area contributed by atoms with E-state index < -0.39 is 10.0 Å². The molecule has 4 rings (SSSR count). The number of piperazine rings is 1. The number of benzene rings is 1. The van der Waals surface area contributed by atoms with Crippen molar-refractivity contribution in [1.82, 2.24) is 18.6 Å². The van der Waals surface area contributed by atoms with Crippen LogP contribution in [0.3, 0.4) is 0 Å². The maximum atomic E-state index is 13.2. The molecule has 10 heteroatoms. The van der Waals surface area contributed by atoms with Gasteiger partial charge in [-0.2, -0.15) is 8.68 Å². The standard InChI is InChI=1S/C16H16FN5O2S2/c1-26(23,24)22-8-6-21(7-9-22)16-15-14(18-10-19-16)13(20-25-15)11-2-4-12(17)5-3-11/h2-5,10H,6-9H2,1H3. The first-order valence-corrected chi connectivity index (χ1v) is 10.6. The van der Waals surface area contributed by atoms with Gasteiger partial charge in [0.05, 0.1) is 6.26 Å². The number of sulfonamides is 1. The maximum Gasteiger partial charge on any atom is 0.211 e. The second kappa shape index (κ2) is 6.53. The molecule has 0 amide bonds. The number of nitrogens with zero attached hydrogens (tertiary/aromatic N) is 5. The molecule has 2 aromatic heterocycles. The molecule has 7 nitrogen and oxygen atoms in total. The summed E-state index contributed by atoms with van der Waals surface area (Å²) in [7, 11) is -3.18. The summed E-state index contributed by atoms with van der Waals surface area (Å²) < 4.78 is 43.3. The molecule has 0 saturated carbocycles. The maximum absolute atomic E-state index is 13.2. The van der Waals surface area contributed by atoms with Gasteiger partial charge in [-0.1, -0.05) is 0 Å². The van der Waals surface area contributed by atoms with Gasteiger partial charge in [0, 0.05) is 31.7 Å². The fraction of sp³-hybridized carbons (Fsp3) is 0.312. The Bertz CT molecular complexity index is 1040. The third-order valence-corrected chi connectivity index (χ3v) is 6.50. The summed E-state index contributed by atoms with van der Waals surface area (Å²) in [4.78, 5) is 10.8. The van der Waals surface area contributed by atoms with E-state index in [0.29, 0.717) is 31.9 Å². The highest BCUT2D eigenvalue weighted by molar-refractivity contribution is 7.88. The zero-order chi connectivity index (χ0) is 18.3. The monoisotopic (exact) mass is 393 g/mol. The molecule has 136 valence electrons. The van der Waals surface area contributed by atoms with Gasteiger partial charge in [-0.3, -0.25) is 0 Å². The smallest absolute Gasteiger partial charge is 0.211 e. The minimum Gasteiger partial charge on any atom is -0.353 e. The summed E-state index contributed by atoms with van der Waals surface area (Å²) in [6.45, 7) is 1.97. The van der Waals surface area contributed by atoms with Crippen LogP contribution in [-0.2, 0) is 10.0 Å². The Morgan fingerprint density at radius 2 is 1.77 bits per heavy atom. The van der Waals surface area contributed by atoms with Crippen LogP contribution in [0.1, 0.15) is 0 Å². The van der Waals surface area contributed by atoms with E-state index >= 15 is 0 Å². The first-order valence-electron chi connectivity index (χ1n) is 8.00. The highest BCUT2D eigenvalue weighted by atomic mass is 32.2. The summed E-state index contributed by atoms with van der Waals surface area (Å²) in [5, 5.41) is 0. The van der Waals surface area contributed by atoms with Crippen LogP contribution in [0.4, 0.5) is 10.2 Å². The number of hydrogen-bond acceptors (Lipinski definition) is 7. The van der Waals surface area contributed by atoms with Crippen LogP contribution in [0.5, 0.6) is 0 Å². The average Bonchev–Trinajstić information content (AvgIpc) is 3.06. The van der Waals surface area contributed by atoms with Crippen LogP contribution >= 0.6 is 11.5 Å². The number of fused-ring (bicyclic) bond motifs is 1. The van der Waals surface area contributed by atoms with E-state index in [4.69, 9.17) is 0 Å². The third kappa shape index (κ3) is 3.15. The molecule has 0 atom stereocenters. The van der Waals surface area contributed by atoms with Crippen LogP contribution < -0.4 is 4.90 Å². The Labute approximate surface area is 154 Å². The molecular formula is C16H16FN5O2S2. The molecule has 3 aromatic rings. The summed E-state index contributed by atoms with van der Waals surface area (Å²) in [6.07, 6.45) is 2.71. The van der Waals surface area contributed by atoms with E-state index in [1.807, 2.05) is 0 Å². The SMILES string of the molecule is CS(=O)(=O)N1CCN(c2ncnc3c(-c4ccc(F)cc4)nsc23)CC1. The van der Waals surface area contributed by atoms with Crippen molar-refractivity contribution >= 4 is 37.6 Å². The van der Waals surface area contributed by atoms with E-state index in [1.165, 1.54) is 40.6 Å². The van der Waals surface area contributed by atoms with E-state index in [2.05, 4.69) is 19.2 Å². The molecule has 1 saturated heterocycles. The minimum atomic E-state index is -3.18. The molecule has 1 aliphatic heterocycles. The molecule has 0 spiro atoms. The zero-order valence-electron chi connectivity index (χ0n) is 14.0. The highest BCUT2D eigenvalue weighted by Gasteiger charge is 2.26. The molecule has 1 aliphatic rings. The molecule has 0 radical (unpaired) electrons. The van der Waals surface area contributed by atoms with Crippen molar-refractivity contribution in [2.45, 2.75) is 0 Å². The first-order chi connectivity index (χ1) is 12.4. The number of halogens is 1. The van der Waals surface area contributed by atoms with Gasteiger partial charge in [0.25, 0.3) is 0 Å². The quantitative estimate of drug-likeness (QED) is 0.677. The molecular weight excluding hydrogens is 377 g/mol. The molecule has 3 heterocycles. The fourth-order valence-electron chi connectivity index (χ4n) is 3.01. The number of hydrogen-bond donors (Lipinski definition) is 0. The molecule has 0 aliphatic carbocycles. The largest absolute Gasteiger partial charge is 0.353 e. The Hall–Kier alpha value is -2.17. The van der Waals surface area contributed by atoms with Crippen LogP contribution in [0.15, 0.2) is 30.6 Å². The minimum absolute atomic E-state index is 0.299. The molecule has 1 fully saturated rings. The van der Waals surface area contributed by atoms with Crippen molar-refractivity contribution in [2.24, 2.45) is 0 Å². The van der Waals surface area contributed by atoms with Crippen LogP contribution in [-0.4, -0.2) is 59.5 Å². The van der Waals surface area contributed by atoms with Crippen LogP contribution in [0, 0.1) is 5.82 Å². The summed E-state index contributed by atoms with van der Waals surface area (Å²) in [6, 6.07) is 6.15. The van der Waals surface area contributed by atoms with Gasteiger partial charge >= 0.3 is 0 Å². The lowest BCUT2D eigenvalue weighted by Gasteiger charge is -2.33. The number of aromatic nitrogens is 3. The molecule has 0 bridgehead atoms. The van der Waals surface area contributed by atoms with Crippen molar-refractivity contribution in [3.8, 4) is 11.3 Å². The third-order valence-electron chi connectivity index (χ3n) is 4.36. The molecule has 1 aromatic carbocycles. The van der Waals surface area contributed by atoms with Gasteiger partial charge in [-0.25, -0.2) is 22.8 Å². The molecule has 26 heavy (non-hydrogen) atoms. The van der Waals surface area contributed by atoms with Crippen LogP contribution in [0.2, 0.25) is 0 Å². The van der Waals surface area contributed by atoms with Crippen LogP contribution in [0.25, 0.3) is 21.5 Å². The Kier molecular flexibility index (Phi) is 4.33. The van der Waals surface area contributed by atoms with Crippen molar-refractivity contribution < 1.29 is 12.8 Å². The Morgan fingerprint density at radius 1 is 1.08 bits per heavy atom. The second-order valence-electron chi connectivity index (χ2n) is 6.06. The summed E-state index contributed by atoms with van der Waals surface area (Å²) >= 11 is 1.30. The zero-order valence-corrected chi connectivity index (χ0v) is 15.6. The van der Waals surface area contributed by atoms with Gasteiger partial charge in [0.2, 0.25) is 10.0 Å². The molecule has 0 N–H and O–H groups in total. The number of anilines is 1. The van der Waals surface area contributed by atoms with Crippen molar-refractivity contribution in [1.29, 1.82) is 0 Å². The van der Waals surface area contributed by atoms with Gasteiger partial charge in [0.15, 0.2) is 5.82 Å². The lowest BCUT2D eigenvalue weighted by atomic mass is 10.1. The van der Waals surface area contributed by atoms with Crippen molar-refractivity contribution in [3.05, 3.63) is 36.4 Å². The topological polar surface area (TPSA) is 79.3 Å². The number of rotatable bonds is 3. The van der Waals surface area contributed by atoms with E-state index in [-0.39, 0.29) is 5.82 Å². The molecule has 0 unspecified atom stereocenters. The van der Waals surface area contributed by atoms with E-state index in [0.717, 1.165) is 21.6 Å². The van der Waals surface area contributed by atoms with Gasteiger partial charge in [-0.15, -0.1) is 0 Å². The Balaban J connectivity index is 1.67. The van der Waals surface area contributed by atoms with Gasteiger partial charge < -0.3 is 4.90 Å². The predicted molar refractivity (Wildman–Crippen MR) is 99.2 cm³/mol. The summed E-state index contributed by atoms with van der Waals surface area (Å²) in [5.74, 6) is 0.460. The van der Waals surface area contributed by atoms with Gasteiger partial charge in [-0.05, 0) is 35.8 Å². The summed E-state index contributed by atoms with van der Waals surface area (Å²) in [5.41, 5.74) is 2.21. The van der Waals surface area contributed by atoms with E-state index in [1.54, 1.807) is 12.1 Å². The van der Waals surface area contributed by atoms with Gasteiger partial charge in [0.1, 0.15) is 28.1 Å². The Morgan fingerprint density at radius 3 is 2.42 bits per heavy atom. The van der Waals surface area contributed by atoms with E-state index in [9.17, 15) is 12.8 Å². The van der Waals surface area contributed by atoms with Crippen molar-refractivity contribution in [2.75, 3.05) is 37.3 Å².